The number of rotatable bonds is 3. The molecule has 0 radical (unpaired) electrons. The zero-order valence-electron chi connectivity index (χ0n) is 14.6. The summed E-state index contributed by atoms with van der Waals surface area (Å²) in [6.45, 7) is 8.68. The van der Waals surface area contributed by atoms with Crippen LogP contribution in [0.25, 0.3) is 10.9 Å². The van der Waals surface area contributed by atoms with Crippen LogP contribution in [-0.4, -0.2) is 16.1 Å². The molecule has 3 nitrogen and oxygen atoms in total. The van der Waals surface area contributed by atoms with E-state index >= 15 is 0 Å². The first kappa shape index (κ1) is 16.3. The average Bonchev–Trinajstić information content (AvgIpc) is 2.85. The van der Waals surface area contributed by atoms with E-state index in [1.54, 1.807) is 12.1 Å². The van der Waals surface area contributed by atoms with E-state index in [0.29, 0.717) is 5.56 Å². The molecule has 0 fully saturated rings. The monoisotopic (exact) mass is 321 g/mol. The molecular formula is C21H23NO2. The highest BCUT2D eigenvalue weighted by Gasteiger charge is 2.22. The second-order valence-electron chi connectivity index (χ2n) is 7.46. The van der Waals surface area contributed by atoms with E-state index in [-0.39, 0.29) is 5.41 Å². The van der Waals surface area contributed by atoms with Gasteiger partial charge in [0.25, 0.3) is 0 Å². The summed E-state index contributed by atoms with van der Waals surface area (Å²) >= 11 is 0. The molecule has 0 aliphatic heterocycles. The summed E-state index contributed by atoms with van der Waals surface area (Å²) in [4.78, 5) is 14.8. The Morgan fingerprint density at radius 3 is 2.54 bits per heavy atom. The van der Waals surface area contributed by atoms with Crippen LogP contribution in [0.1, 0.15) is 53.5 Å². The number of carboxylic acid groups (broad SMARTS) is 1. The molecule has 0 spiro atoms. The third-order valence-electron chi connectivity index (χ3n) is 4.37. The van der Waals surface area contributed by atoms with Crippen LogP contribution < -0.4 is 0 Å². The number of carbonyl (C=O) groups is 1. The molecular weight excluding hydrogens is 298 g/mol. The summed E-state index contributed by atoms with van der Waals surface area (Å²) in [5.41, 5.74) is 6.17. The molecule has 3 heteroatoms. The van der Waals surface area contributed by atoms with Crippen molar-refractivity contribution in [1.29, 1.82) is 0 Å². The summed E-state index contributed by atoms with van der Waals surface area (Å²) in [5, 5.41) is 10.4. The highest BCUT2D eigenvalue weighted by Crippen LogP contribution is 2.33. The highest BCUT2D eigenvalue weighted by atomic mass is 16.4. The standard InChI is InChI=1S/C21H23NO2/c1-13-8-9-16-17(19(21(2,3)4)22-18(16)10-13)12-14-6-5-7-15(11-14)20(23)24/h5-11,22H,12H2,1-4H3,(H,23,24). The Morgan fingerprint density at radius 1 is 1.12 bits per heavy atom. The molecule has 0 saturated carbocycles. The van der Waals surface area contributed by atoms with Crippen LogP contribution in [0.15, 0.2) is 42.5 Å². The van der Waals surface area contributed by atoms with E-state index < -0.39 is 5.97 Å². The first-order valence-corrected chi connectivity index (χ1v) is 8.19. The number of hydrogen-bond donors (Lipinski definition) is 2. The van der Waals surface area contributed by atoms with Gasteiger partial charge in [0.1, 0.15) is 0 Å². The zero-order chi connectivity index (χ0) is 17.5. The fraction of sp³-hybridized carbons (Fsp3) is 0.286. The fourth-order valence-corrected chi connectivity index (χ4v) is 3.21. The van der Waals surface area contributed by atoms with Crippen molar-refractivity contribution in [2.45, 2.75) is 39.5 Å². The van der Waals surface area contributed by atoms with Crippen LogP contribution in [0, 0.1) is 6.92 Å². The van der Waals surface area contributed by atoms with Crippen molar-refractivity contribution < 1.29 is 9.90 Å². The van der Waals surface area contributed by atoms with E-state index in [0.717, 1.165) is 17.5 Å². The Morgan fingerprint density at radius 2 is 1.88 bits per heavy atom. The Labute approximate surface area is 142 Å². The molecule has 0 aliphatic carbocycles. The quantitative estimate of drug-likeness (QED) is 0.708. The lowest BCUT2D eigenvalue weighted by Gasteiger charge is -2.19. The van der Waals surface area contributed by atoms with Crippen LogP contribution in [0.2, 0.25) is 0 Å². The van der Waals surface area contributed by atoms with Crippen molar-refractivity contribution in [2.75, 3.05) is 0 Å². The Balaban J connectivity index is 2.14. The van der Waals surface area contributed by atoms with Crippen LogP contribution in [0.4, 0.5) is 0 Å². The number of nitrogens with one attached hydrogen (secondary N) is 1. The van der Waals surface area contributed by atoms with Gasteiger partial charge in [-0.05, 0) is 48.2 Å². The fourth-order valence-electron chi connectivity index (χ4n) is 3.21. The van der Waals surface area contributed by atoms with Crippen molar-refractivity contribution in [2.24, 2.45) is 0 Å². The van der Waals surface area contributed by atoms with Crippen LogP contribution in [0.5, 0.6) is 0 Å². The first-order chi connectivity index (χ1) is 11.3. The minimum Gasteiger partial charge on any atom is -0.478 e. The number of aromatic amines is 1. The van der Waals surface area contributed by atoms with E-state index in [1.165, 1.54) is 22.2 Å². The predicted octanol–water partition coefficient (Wildman–Crippen LogP) is 5.06. The molecule has 0 amide bonds. The number of hydrogen-bond acceptors (Lipinski definition) is 1. The first-order valence-electron chi connectivity index (χ1n) is 8.19. The Bertz CT molecular complexity index is 913. The average molecular weight is 321 g/mol. The third-order valence-corrected chi connectivity index (χ3v) is 4.37. The lowest BCUT2D eigenvalue weighted by molar-refractivity contribution is 0.0696. The minimum atomic E-state index is -0.887. The van der Waals surface area contributed by atoms with Gasteiger partial charge in [-0.15, -0.1) is 0 Å². The molecule has 0 atom stereocenters. The molecule has 3 aromatic rings. The summed E-state index contributed by atoms with van der Waals surface area (Å²) in [5.74, 6) is -0.887. The molecule has 1 heterocycles. The Kier molecular flexibility index (Phi) is 3.96. The van der Waals surface area contributed by atoms with Gasteiger partial charge in [0.15, 0.2) is 0 Å². The molecule has 0 bridgehead atoms. The lowest BCUT2D eigenvalue weighted by Crippen LogP contribution is -2.14. The van der Waals surface area contributed by atoms with E-state index in [1.807, 2.05) is 12.1 Å². The van der Waals surface area contributed by atoms with Crippen molar-refractivity contribution in [3.8, 4) is 0 Å². The van der Waals surface area contributed by atoms with Crippen molar-refractivity contribution >= 4 is 16.9 Å². The van der Waals surface area contributed by atoms with Gasteiger partial charge in [0.2, 0.25) is 0 Å². The Hall–Kier alpha value is -2.55. The smallest absolute Gasteiger partial charge is 0.335 e. The largest absolute Gasteiger partial charge is 0.478 e. The van der Waals surface area contributed by atoms with E-state index in [2.05, 4.69) is 50.9 Å². The van der Waals surface area contributed by atoms with Crippen LogP contribution in [0.3, 0.4) is 0 Å². The zero-order valence-corrected chi connectivity index (χ0v) is 14.6. The van der Waals surface area contributed by atoms with Crippen molar-refractivity contribution in [3.05, 3.63) is 70.4 Å². The van der Waals surface area contributed by atoms with Gasteiger partial charge in [-0.25, -0.2) is 4.79 Å². The van der Waals surface area contributed by atoms with E-state index in [4.69, 9.17) is 0 Å². The van der Waals surface area contributed by atoms with Gasteiger partial charge in [0.05, 0.1) is 5.56 Å². The normalized spacial score (nSPS) is 11.8. The lowest BCUT2D eigenvalue weighted by atomic mass is 9.86. The number of aromatic carboxylic acids is 1. The maximum atomic E-state index is 11.2. The van der Waals surface area contributed by atoms with Crippen LogP contribution >= 0.6 is 0 Å². The molecule has 0 saturated heterocycles. The molecule has 1 aromatic heterocycles. The van der Waals surface area contributed by atoms with Gasteiger partial charge >= 0.3 is 5.97 Å². The SMILES string of the molecule is Cc1ccc2c(Cc3cccc(C(=O)O)c3)c(C(C)(C)C)[nH]c2c1. The predicted molar refractivity (Wildman–Crippen MR) is 97.9 cm³/mol. The minimum absolute atomic E-state index is 0.00728. The number of aromatic nitrogens is 1. The third kappa shape index (κ3) is 3.07. The van der Waals surface area contributed by atoms with Gasteiger partial charge in [-0.3, -0.25) is 0 Å². The number of carboxylic acids is 1. The summed E-state index contributed by atoms with van der Waals surface area (Å²) in [6, 6.07) is 13.7. The molecule has 0 unspecified atom stereocenters. The maximum absolute atomic E-state index is 11.2. The van der Waals surface area contributed by atoms with Crippen molar-refractivity contribution in [3.63, 3.8) is 0 Å². The molecule has 2 N–H and O–H groups in total. The number of aryl methyl sites for hydroxylation is 1. The van der Waals surface area contributed by atoms with Gasteiger partial charge in [-0.1, -0.05) is 45.0 Å². The summed E-state index contributed by atoms with van der Waals surface area (Å²) in [7, 11) is 0. The van der Waals surface area contributed by atoms with Gasteiger partial charge in [0, 0.05) is 22.0 Å². The summed E-state index contributed by atoms with van der Waals surface area (Å²) in [6.07, 6.45) is 0.719. The summed E-state index contributed by atoms with van der Waals surface area (Å²) < 4.78 is 0. The number of fused-ring (bicyclic) bond motifs is 1. The highest BCUT2D eigenvalue weighted by molar-refractivity contribution is 5.88. The number of benzene rings is 2. The molecule has 0 aliphatic rings. The van der Waals surface area contributed by atoms with Crippen LogP contribution in [-0.2, 0) is 11.8 Å². The number of H-pyrrole nitrogens is 1. The van der Waals surface area contributed by atoms with Crippen molar-refractivity contribution in [1.82, 2.24) is 4.98 Å². The second-order valence-corrected chi connectivity index (χ2v) is 7.46. The van der Waals surface area contributed by atoms with Gasteiger partial charge < -0.3 is 10.1 Å². The van der Waals surface area contributed by atoms with E-state index in [9.17, 15) is 9.90 Å². The molecule has 2 aromatic carbocycles. The molecule has 124 valence electrons. The molecule has 3 rings (SSSR count). The van der Waals surface area contributed by atoms with Gasteiger partial charge in [-0.2, -0.15) is 0 Å². The molecule has 24 heavy (non-hydrogen) atoms. The maximum Gasteiger partial charge on any atom is 0.335 e. The second kappa shape index (κ2) is 5.82. The topological polar surface area (TPSA) is 53.1 Å².